The van der Waals surface area contributed by atoms with Crippen LogP contribution in [0.1, 0.15) is 39.5 Å². The molecule has 0 atom stereocenters. The van der Waals surface area contributed by atoms with Gasteiger partial charge in [-0.2, -0.15) is 0 Å². The predicted octanol–water partition coefficient (Wildman–Crippen LogP) is 2.14. The van der Waals surface area contributed by atoms with E-state index in [-0.39, 0.29) is 11.7 Å². The number of allylic oxidation sites excluding steroid dienone is 1. The molecule has 0 spiro atoms. The Hall–Kier alpha value is -0.990. The fourth-order valence-corrected chi connectivity index (χ4v) is 1.00. The summed E-state index contributed by atoms with van der Waals surface area (Å²) in [5, 5.41) is 11.5. The van der Waals surface area contributed by atoms with Gasteiger partial charge in [-0.3, -0.25) is 4.79 Å². The summed E-state index contributed by atoms with van der Waals surface area (Å²) in [6.45, 7) is 4.33. The van der Waals surface area contributed by atoms with Gasteiger partial charge < -0.3 is 10.4 Å². The number of hydrogen-bond donors (Lipinski definition) is 2. The van der Waals surface area contributed by atoms with Crippen molar-refractivity contribution in [3.63, 3.8) is 0 Å². The zero-order chi connectivity index (χ0) is 10.1. The summed E-state index contributed by atoms with van der Waals surface area (Å²) in [5.74, 6) is -0.164. The van der Waals surface area contributed by atoms with Crippen molar-refractivity contribution in [1.29, 1.82) is 0 Å². The molecule has 0 aliphatic carbocycles. The summed E-state index contributed by atoms with van der Waals surface area (Å²) >= 11 is 0. The Morgan fingerprint density at radius 2 is 2.08 bits per heavy atom. The summed E-state index contributed by atoms with van der Waals surface area (Å²) in [6.07, 6.45) is 5.77. The first-order valence-corrected chi connectivity index (χ1v) is 4.82. The molecule has 2 N–H and O–H groups in total. The van der Waals surface area contributed by atoms with E-state index in [2.05, 4.69) is 12.2 Å². The lowest BCUT2D eigenvalue weighted by atomic mass is 10.2. The van der Waals surface area contributed by atoms with E-state index >= 15 is 0 Å². The highest BCUT2D eigenvalue weighted by Crippen LogP contribution is 1.96. The number of aliphatic hydroxyl groups is 1. The van der Waals surface area contributed by atoms with Crippen molar-refractivity contribution in [2.24, 2.45) is 0 Å². The molecule has 13 heavy (non-hydrogen) atoms. The zero-order valence-electron chi connectivity index (χ0n) is 8.47. The number of carbonyl (C=O) groups excluding carboxylic acids is 1. The van der Waals surface area contributed by atoms with E-state index in [4.69, 9.17) is 5.11 Å². The Kier molecular flexibility index (Phi) is 7.07. The van der Waals surface area contributed by atoms with Crippen LogP contribution in [0, 0.1) is 0 Å². The number of hydrogen-bond acceptors (Lipinski definition) is 2. The minimum atomic E-state index is -0.212. The Morgan fingerprint density at radius 3 is 2.62 bits per heavy atom. The summed E-state index contributed by atoms with van der Waals surface area (Å²) in [4.78, 5) is 10.9. The first-order chi connectivity index (χ1) is 6.16. The van der Waals surface area contributed by atoms with Gasteiger partial charge in [0.1, 0.15) is 0 Å². The molecule has 0 heterocycles. The molecule has 0 saturated carbocycles. The molecular weight excluding hydrogens is 166 g/mol. The highest BCUT2D eigenvalue weighted by atomic mass is 16.3. The maximum atomic E-state index is 10.9. The van der Waals surface area contributed by atoms with Crippen LogP contribution in [-0.2, 0) is 4.79 Å². The molecule has 76 valence electrons. The van der Waals surface area contributed by atoms with E-state index in [1.807, 2.05) is 0 Å². The molecule has 0 aliphatic rings. The van der Waals surface area contributed by atoms with E-state index in [0.29, 0.717) is 6.54 Å². The fourth-order valence-electron chi connectivity index (χ4n) is 1.00. The number of nitrogens with one attached hydrogen (secondary N) is 1. The number of unbranched alkanes of at least 4 members (excludes halogenated alkanes) is 3. The third-order valence-corrected chi connectivity index (χ3v) is 1.67. The summed E-state index contributed by atoms with van der Waals surface area (Å²) in [5.41, 5.74) is 0. The SMILES string of the molecule is CCCCCCNC(=O)/C=C(\C)O. The second kappa shape index (κ2) is 7.65. The van der Waals surface area contributed by atoms with Crippen LogP contribution in [0.15, 0.2) is 11.8 Å². The molecule has 0 radical (unpaired) electrons. The minimum Gasteiger partial charge on any atom is -0.512 e. The summed E-state index contributed by atoms with van der Waals surface area (Å²) < 4.78 is 0. The Balaban J connectivity index is 3.33. The number of carbonyl (C=O) groups is 1. The van der Waals surface area contributed by atoms with Crippen LogP contribution in [0.5, 0.6) is 0 Å². The van der Waals surface area contributed by atoms with Crippen LogP contribution < -0.4 is 5.32 Å². The van der Waals surface area contributed by atoms with E-state index in [9.17, 15) is 4.79 Å². The van der Waals surface area contributed by atoms with Gasteiger partial charge in [0.05, 0.1) is 5.76 Å². The van der Waals surface area contributed by atoms with Gasteiger partial charge >= 0.3 is 0 Å². The van der Waals surface area contributed by atoms with Crippen molar-refractivity contribution in [3.8, 4) is 0 Å². The molecule has 3 nitrogen and oxygen atoms in total. The van der Waals surface area contributed by atoms with Gasteiger partial charge in [-0.25, -0.2) is 0 Å². The molecule has 3 heteroatoms. The van der Waals surface area contributed by atoms with Crippen molar-refractivity contribution >= 4 is 5.91 Å². The highest BCUT2D eigenvalue weighted by molar-refractivity contribution is 5.87. The average Bonchev–Trinajstić information content (AvgIpc) is 2.02. The second-order valence-corrected chi connectivity index (χ2v) is 3.14. The van der Waals surface area contributed by atoms with Crippen molar-refractivity contribution in [2.75, 3.05) is 6.54 Å². The maximum absolute atomic E-state index is 10.9. The van der Waals surface area contributed by atoms with Crippen molar-refractivity contribution in [1.82, 2.24) is 5.32 Å². The largest absolute Gasteiger partial charge is 0.512 e. The molecule has 0 aromatic heterocycles. The Labute approximate surface area is 79.8 Å². The molecule has 0 rings (SSSR count). The van der Waals surface area contributed by atoms with Crippen molar-refractivity contribution in [3.05, 3.63) is 11.8 Å². The molecule has 0 aliphatic heterocycles. The van der Waals surface area contributed by atoms with Gasteiger partial charge in [0.15, 0.2) is 0 Å². The van der Waals surface area contributed by atoms with Gasteiger partial charge in [-0.1, -0.05) is 26.2 Å². The van der Waals surface area contributed by atoms with Gasteiger partial charge in [0.2, 0.25) is 5.91 Å². The normalized spacial score (nSPS) is 11.4. The number of rotatable bonds is 6. The van der Waals surface area contributed by atoms with E-state index in [0.717, 1.165) is 12.8 Å². The summed E-state index contributed by atoms with van der Waals surface area (Å²) in [6, 6.07) is 0. The molecular formula is C10H19NO2. The van der Waals surface area contributed by atoms with E-state index < -0.39 is 0 Å². The number of amides is 1. The van der Waals surface area contributed by atoms with Crippen molar-refractivity contribution < 1.29 is 9.90 Å². The van der Waals surface area contributed by atoms with Crippen LogP contribution in [-0.4, -0.2) is 17.6 Å². The summed E-state index contributed by atoms with van der Waals surface area (Å²) in [7, 11) is 0. The molecule has 0 saturated heterocycles. The quantitative estimate of drug-likeness (QED) is 0.378. The van der Waals surface area contributed by atoms with Gasteiger partial charge in [-0.15, -0.1) is 0 Å². The van der Waals surface area contributed by atoms with Gasteiger partial charge in [0, 0.05) is 12.6 Å². The Morgan fingerprint density at radius 1 is 1.38 bits per heavy atom. The van der Waals surface area contributed by atoms with Crippen molar-refractivity contribution in [2.45, 2.75) is 39.5 Å². The monoisotopic (exact) mass is 185 g/mol. The molecule has 0 aromatic carbocycles. The van der Waals surface area contributed by atoms with Crippen LogP contribution in [0.3, 0.4) is 0 Å². The molecule has 1 amide bonds. The maximum Gasteiger partial charge on any atom is 0.247 e. The van der Waals surface area contributed by atoms with Crippen LogP contribution in [0.25, 0.3) is 0 Å². The minimum absolute atomic E-state index is 0.0473. The van der Waals surface area contributed by atoms with Crippen LogP contribution >= 0.6 is 0 Å². The van der Waals surface area contributed by atoms with Gasteiger partial charge in [0.25, 0.3) is 0 Å². The van der Waals surface area contributed by atoms with Crippen LogP contribution in [0.4, 0.5) is 0 Å². The average molecular weight is 185 g/mol. The smallest absolute Gasteiger partial charge is 0.247 e. The molecule has 0 aromatic rings. The highest BCUT2D eigenvalue weighted by Gasteiger charge is 1.95. The first-order valence-electron chi connectivity index (χ1n) is 4.82. The molecule has 0 fully saturated rings. The number of aliphatic hydroxyl groups excluding tert-OH is 1. The third-order valence-electron chi connectivity index (χ3n) is 1.67. The third kappa shape index (κ3) is 8.92. The van der Waals surface area contributed by atoms with E-state index in [1.54, 1.807) is 0 Å². The van der Waals surface area contributed by atoms with Crippen LogP contribution in [0.2, 0.25) is 0 Å². The Bertz CT molecular complexity index is 172. The lowest BCUT2D eigenvalue weighted by molar-refractivity contribution is -0.116. The second-order valence-electron chi connectivity index (χ2n) is 3.14. The topological polar surface area (TPSA) is 49.3 Å². The standard InChI is InChI=1S/C10H19NO2/c1-3-4-5-6-7-11-10(13)8-9(2)12/h8,12H,3-7H2,1-2H3,(H,11,13)/b9-8+. The lowest BCUT2D eigenvalue weighted by Gasteiger charge is -2.01. The lowest BCUT2D eigenvalue weighted by Crippen LogP contribution is -2.22. The fraction of sp³-hybridized carbons (Fsp3) is 0.700. The molecule has 0 unspecified atom stereocenters. The zero-order valence-corrected chi connectivity index (χ0v) is 8.47. The van der Waals surface area contributed by atoms with Gasteiger partial charge in [-0.05, 0) is 13.3 Å². The molecule has 0 bridgehead atoms. The van der Waals surface area contributed by atoms with E-state index in [1.165, 1.54) is 25.8 Å². The first kappa shape index (κ1) is 12.0. The predicted molar refractivity (Wildman–Crippen MR) is 53.5 cm³/mol.